The minimum Gasteiger partial charge on any atom is -0.493 e. The second-order valence-electron chi connectivity index (χ2n) is 3.90. The molecule has 0 aliphatic heterocycles. The number of benzene rings is 1. The van der Waals surface area contributed by atoms with Crippen LogP contribution in [0.5, 0.6) is 5.75 Å². The van der Waals surface area contributed by atoms with E-state index in [1.807, 2.05) is 12.1 Å². The molecule has 0 bridgehead atoms. The second-order valence-corrected chi connectivity index (χ2v) is 3.90. The van der Waals surface area contributed by atoms with Gasteiger partial charge in [-0.2, -0.15) is 0 Å². The zero-order chi connectivity index (χ0) is 12.1. The van der Waals surface area contributed by atoms with Crippen LogP contribution in [0.3, 0.4) is 0 Å². The number of aromatic nitrogens is 1. The third kappa shape index (κ3) is 2.97. The van der Waals surface area contributed by atoms with E-state index in [0.717, 1.165) is 18.1 Å². The molecular weight excluding hydrogens is 212 g/mol. The van der Waals surface area contributed by atoms with Gasteiger partial charge < -0.3 is 10.1 Å². The molecule has 0 aliphatic carbocycles. The first-order chi connectivity index (χ1) is 8.29. The van der Waals surface area contributed by atoms with Crippen LogP contribution < -0.4 is 10.1 Å². The van der Waals surface area contributed by atoms with Gasteiger partial charge in [-0.1, -0.05) is 29.8 Å². The highest BCUT2D eigenvalue weighted by atomic mass is 16.5. The first-order valence-corrected chi connectivity index (χ1v) is 5.58. The molecule has 3 nitrogen and oxygen atoms in total. The lowest BCUT2D eigenvalue weighted by Gasteiger charge is -2.09. The van der Waals surface area contributed by atoms with E-state index >= 15 is 0 Å². The van der Waals surface area contributed by atoms with Crippen LogP contribution in [0.4, 0.5) is 5.82 Å². The Hall–Kier alpha value is -2.03. The molecule has 2 rings (SSSR count). The van der Waals surface area contributed by atoms with Gasteiger partial charge in [0.25, 0.3) is 0 Å². The molecule has 1 aromatic carbocycles. The number of hydrogen-bond acceptors (Lipinski definition) is 3. The largest absolute Gasteiger partial charge is 0.493 e. The van der Waals surface area contributed by atoms with E-state index < -0.39 is 0 Å². The molecule has 3 heteroatoms. The fraction of sp³-hybridized carbons (Fsp3) is 0.214. The van der Waals surface area contributed by atoms with Crippen LogP contribution in [0, 0.1) is 6.92 Å². The normalized spacial score (nSPS) is 10.0. The number of ether oxygens (including phenoxy) is 1. The number of nitrogens with one attached hydrogen (secondary N) is 1. The van der Waals surface area contributed by atoms with Crippen molar-refractivity contribution in [3.63, 3.8) is 0 Å². The minimum atomic E-state index is 0.745. The molecule has 88 valence electrons. The molecule has 17 heavy (non-hydrogen) atoms. The topological polar surface area (TPSA) is 34.1 Å². The Labute approximate surface area is 101 Å². The predicted molar refractivity (Wildman–Crippen MR) is 69.3 cm³/mol. The number of nitrogens with zero attached hydrogens (tertiary/aromatic N) is 1. The summed E-state index contributed by atoms with van der Waals surface area (Å²) in [4.78, 5) is 4.25. The standard InChI is InChI=1S/C14H16N2O/c1-11-5-3-6-12(9-11)10-16-14-13(17-2)7-4-8-15-14/h3-9H,10H2,1-2H3,(H,15,16). The monoisotopic (exact) mass is 228 g/mol. The van der Waals surface area contributed by atoms with Crippen LogP contribution in [0.2, 0.25) is 0 Å². The highest BCUT2D eigenvalue weighted by Crippen LogP contribution is 2.20. The van der Waals surface area contributed by atoms with Gasteiger partial charge in [-0.15, -0.1) is 0 Å². The molecular formula is C14H16N2O. The van der Waals surface area contributed by atoms with E-state index in [0.29, 0.717) is 0 Å². The van der Waals surface area contributed by atoms with Gasteiger partial charge in [0.05, 0.1) is 7.11 Å². The summed E-state index contributed by atoms with van der Waals surface area (Å²) in [6.45, 7) is 2.83. The Morgan fingerprint density at radius 1 is 1.24 bits per heavy atom. The maximum atomic E-state index is 5.23. The van der Waals surface area contributed by atoms with Crippen LogP contribution in [0.1, 0.15) is 11.1 Å². The third-order valence-corrected chi connectivity index (χ3v) is 2.53. The van der Waals surface area contributed by atoms with Crippen LogP contribution in [0.15, 0.2) is 42.6 Å². The fourth-order valence-electron chi connectivity index (χ4n) is 1.70. The van der Waals surface area contributed by atoms with E-state index in [1.165, 1.54) is 11.1 Å². The third-order valence-electron chi connectivity index (χ3n) is 2.53. The average molecular weight is 228 g/mol. The molecule has 1 N–H and O–H groups in total. The summed E-state index contributed by atoms with van der Waals surface area (Å²) in [7, 11) is 1.65. The van der Waals surface area contributed by atoms with E-state index in [1.54, 1.807) is 13.3 Å². The average Bonchev–Trinajstić information content (AvgIpc) is 2.37. The molecule has 2 aromatic rings. The minimum absolute atomic E-state index is 0.745. The number of anilines is 1. The zero-order valence-corrected chi connectivity index (χ0v) is 10.1. The van der Waals surface area contributed by atoms with Crippen molar-refractivity contribution in [2.45, 2.75) is 13.5 Å². The summed E-state index contributed by atoms with van der Waals surface area (Å²) < 4.78 is 5.23. The van der Waals surface area contributed by atoms with Crippen molar-refractivity contribution < 1.29 is 4.74 Å². The van der Waals surface area contributed by atoms with Crippen LogP contribution in [-0.4, -0.2) is 12.1 Å². The molecule has 0 unspecified atom stereocenters. The maximum Gasteiger partial charge on any atom is 0.168 e. The summed E-state index contributed by atoms with van der Waals surface area (Å²) in [6.07, 6.45) is 1.75. The lowest BCUT2D eigenvalue weighted by molar-refractivity contribution is 0.415. The van der Waals surface area contributed by atoms with Gasteiger partial charge in [0.1, 0.15) is 0 Å². The van der Waals surface area contributed by atoms with Gasteiger partial charge in [0, 0.05) is 12.7 Å². The van der Waals surface area contributed by atoms with Crippen molar-refractivity contribution in [3.05, 3.63) is 53.7 Å². The van der Waals surface area contributed by atoms with Gasteiger partial charge in [-0.3, -0.25) is 0 Å². The summed E-state index contributed by atoms with van der Waals surface area (Å²) >= 11 is 0. The Bertz CT molecular complexity index is 497. The van der Waals surface area contributed by atoms with Gasteiger partial charge in [0.15, 0.2) is 11.6 Å². The molecule has 0 fully saturated rings. The smallest absolute Gasteiger partial charge is 0.168 e. The zero-order valence-electron chi connectivity index (χ0n) is 10.1. The first-order valence-electron chi connectivity index (χ1n) is 5.58. The molecule has 1 heterocycles. The molecule has 0 spiro atoms. The van der Waals surface area contributed by atoms with Gasteiger partial charge >= 0.3 is 0 Å². The summed E-state index contributed by atoms with van der Waals surface area (Å²) in [5.41, 5.74) is 2.50. The van der Waals surface area contributed by atoms with Crippen molar-refractivity contribution in [1.82, 2.24) is 4.98 Å². The Kier molecular flexibility index (Phi) is 3.60. The van der Waals surface area contributed by atoms with Crippen molar-refractivity contribution in [3.8, 4) is 5.75 Å². The maximum absolute atomic E-state index is 5.23. The lowest BCUT2D eigenvalue weighted by Crippen LogP contribution is -2.03. The van der Waals surface area contributed by atoms with Crippen LogP contribution in [-0.2, 0) is 6.54 Å². The molecule has 0 atom stereocenters. The summed E-state index contributed by atoms with van der Waals surface area (Å²) in [6, 6.07) is 12.1. The highest BCUT2D eigenvalue weighted by Gasteiger charge is 2.02. The van der Waals surface area contributed by atoms with E-state index in [2.05, 4.69) is 41.5 Å². The van der Waals surface area contributed by atoms with Gasteiger partial charge in [-0.05, 0) is 24.6 Å². The molecule has 0 aliphatic rings. The summed E-state index contributed by atoms with van der Waals surface area (Å²) in [5, 5.41) is 3.27. The van der Waals surface area contributed by atoms with Crippen molar-refractivity contribution >= 4 is 5.82 Å². The van der Waals surface area contributed by atoms with Crippen LogP contribution >= 0.6 is 0 Å². The van der Waals surface area contributed by atoms with E-state index in [9.17, 15) is 0 Å². The van der Waals surface area contributed by atoms with Gasteiger partial charge in [-0.25, -0.2) is 4.98 Å². The van der Waals surface area contributed by atoms with Crippen molar-refractivity contribution in [2.75, 3.05) is 12.4 Å². The fourth-order valence-corrected chi connectivity index (χ4v) is 1.70. The van der Waals surface area contributed by atoms with E-state index in [4.69, 9.17) is 4.74 Å². The molecule has 0 saturated heterocycles. The molecule has 0 amide bonds. The molecule has 1 aromatic heterocycles. The Morgan fingerprint density at radius 3 is 2.88 bits per heavy atom. The Balaban J connectivity index is 2.07. The molecule has 0 saturated carbocycles. The summed E-state index contributed by atoms with van der Waals surface area (Å²) in [5.74, 6) is 1.54. The Morgan fingerprint density at radius 2 is 2.12 bits per heavy atom. The molecule has 0 radical (unpaired) electrons. The first kappa shape index (κ1) is 11.5. The number of hydrogen-bond donors (Lipinski definition) is 1. The number of methoxy groups -OCH3 is 1. The van der Waals surface area contributed by atoms with Crippen molar-refractivity contribution in [2.24, 2.45) is 0 Å². The van der Waals surface area contributed by atoms with Gasteiger partial charge in [0.2, 0.25) is 0 Å². The number of rotatable bonds is 4. The predicted octanol–water partition coefficient (Wildman–Crippen LogP) is 3.01. The highest BCUT2D eigenvalue weighted by molar-refractivity contribution is 5.49. The van der Waals surface area contributed by atoms with E-state index in [-0.39, 0.29) is 0 Å². The second kappa shape index (κ2) is 5.34. The number of pyridine rings is 1. The van der Waals surface area contributed by atoms with Crippen LogP contribution in [0.25, 0.3) is 0 Å². The van der Waals surface area contributed by atoms with Crippen molar-refractivity contribution in [1.29, 1.82) is 0 Å². The lowest BCUT2D eigenvalue weighted by atomic mass is 10.1. The number of aryl methyl sites for hydroxylation is 1. The quantitative estimate of drug-likeness (QED) is 0.873. The SMILES string of the molecule is COc1cccnc1NCc1cccc(C)c1.